The Kier molecular flexibility index (Phi) is 4.92. The van der Waals surface area contributed by atoms with Gasteiger partial charge in [-0.05, 0) is 25.8 Å². The summed E-state index contributed by atoms with van der Waals surface area (Å²) >= 11 is 0. The highest BCUT2D eigenvalue weighted by atomic mass is 19.3. The first-order valence-corrected chi connectivity index (χ1v) is 9.53. The number of nitrogens with zero attached hydrogens (tertiary/aromatic N) is 5. The van der Waals surface area contributed by atoms with E-state index in [1.54, 1.807) is 25.3 Å². The van der Waals surface area contributed by atoms with Crippen LogP contribution in [0.3, 0.4) is 0 Å². The fraction of sp³-hybridized carbons (Fsp3) is 0.350. The zero-order valence-electron chi connectivity index (χ0n) is 16.8. The Bertz CT molecular complexity index is 1100. The van der Waals surface area contributed by atoms with Gasteiger partial charge in [0.1, 0.15) is 11.6 Å². The van der Waals surface area contributed by atoms with Crippen molar-refractivity contribution >= 4 is 23.2 Å². The number of alkyl halides is 2. The number of aromatic nitrogens is 5. The molecule has 1 amide bonds. The number of hydrogen-bond donors (Lipinski definition) is 2. The minimum absolute atomic E-state index is 0.210. The smallest absolute Gasteiger partial charge is 0.303 e. The van der Waals surface area contributed by atoms with Gasteiger partial charge in [-0.15, -0.1) is 0 Å². The number of carbonyl (C=O) groups is 1. The fourth-order valence-corrected chi connectivity index (χ4v) is 3.00. The molecule has 1 aliphatic carbocycles. The zero-order chi connectivity index (χ0) is 21.5. The van der Waals surface area contributed by atoms with E-state index in [0.717, 1.165) is 19.8 Å². The van der Waals surface area contributed by atoms with Crippen LogP contribution in [-0.2, 0) is 10.7 Å². The lowest BCUT2D eigenvalue weighted by molar-refractivity contribution is -0.114. The maximum absolute atomic E-state index is 13.8. The Morgan fingerprint density at radius 3 is 2.67 bits per heavy atom. The molecular formula is C20H21F2N7O. The van der Waals surface area contributed by atoms with Crippen molar-refractivity contribution in [3.63, 3.8) is 0 Å². The molecule has 3 heterocycles. The molecule has 0 aromatic carbocycles. The molecule has 1 fully saturated rings. The third-order valence-electron chi connectivity index (χ3n) is 4.52. The number of pyridine rings is 1. The van der Waals surface area contributed by atoms with E-state index < -0.39 is 11.7 Å². The van der Waals surface area contributed by atoms with Gasteiger partial charge in [0.15, 0.2) is 0 Å². The van der Waals surface area contributed by atoms with E-state index in [-0.39, 0.29) is 11.7 Å². The van der Waals surface area contributed by atoms with E-state index in [4.69, 9.17) is 0 Å². The number of rotatable bonds is 6. The van der Waals surface area contributed by atoms with E-state index in [9.17, 15) is 13.6 Å². The van der Waals surface area contributed by atoms with E-state index in [1.165, 1.54) is 6.92 Å². The second kappa shape index (κ2) is 7.43. The van der Waals surface area contributed by atoms with Crippen molar-refractivity contribution in [1.82, 2.24) is 24.7 Å². The number of hydrogen-bond acceptors (Lipinski definition) is 6. The number of aryl methyl sites for hydroxylation is 1. The second-order valence-corrected chi connectivity index (χ2v) is 7.44. The molecule has 156 valence electrons. The molecule has 2 N–H and O–H groups in total. The Hall–Kier alpha value is -3.43. The van der Waals surface area contributed by atoms with Crippen LogP contribution in [0.4, 0.5) is 26.1 Å². The predicted octanol–water partition coefficient (Wildman–Crippen LogP) is 4.19. The summed E-state index contributed by atoms with van der Waals surface area (Å²) in [6.07, 6.45) is 5.68. The lowest BCUT2D eigenvalue weighted by Crippen LogP contribution is -2.14. The van der Waals surface area contributed by atoms with Gasteiger partial charge in [0.25, 0.3) is 0 Å². The molecule has 30 heavy (non-hydrogen) atoms. The highest BCUT2D eigenvalue weighted by molar-refractivity contribution is 5.89. The fourth-order valence-electron chi connectivity index (χ4n) is 3.00. The maximum Gasteiger partial charge on any atom is 0.303 e. The zero-order valence-corrected chi connectivity index (χ0v) is 16.8. The van der Waals surface area contributed by atoms with Crippen LogP contribution in [0.15, 0.2) is 30.6 Å². The number of amides is 1. The normalized spacial score (nSPS) is 13.9. The molecule has 0 aliphatic heterocycles. The third-order valence-corrected chi connectivity index (χ3v) is 4.52. The highest BCUT2D eigenvalue weighted by Gasteiger charge is 2.29. The summed E-state index contributed by atoms with van der Waals surface area (Å²) in [4.78, 5) is 23.5. The summed E-state index contributed by atoms with van der Waals surface area (Å²) in [6.45, 7) is 3.75. The molecule has 0 unspecified atom stereocenters. The van der Waals surface area contributed by atoms with Gasteiger partial charge in [0.2, 0.25) is 11.7 Å². The molecule has 1 aliphatic rings. The Morgan fingerprint density at radius 2 is 2.00 bits per heavy atom. The molecule has 3 aromatic rings. The van der Waals surface area contributed by atoms with Crippen LogP contribution in [0, 0.1) is 6.92 Å². The summed E-state index contributed by atoms with van der Waals surface area (Å²) in [6, 6.07) is 5.48. The van der Waals surface area contributed by atoms with Gasteiger partial charge in [-0.3, -0.25) is 9.48 Å². The largest absolute Gasteiger partial charge is 0.339 e. The number of nitrogens with one attached hydrogen (secondary N) is 2. The van der Waals surface area contributed by atoms with Crippen molar-refractivity contribution < 1.29 is 13.6 Å². The topological polar surface area (TPSA) is 97.6 Å². The van der Waals surface area contributed by atoms with E-state index in [1.807, 2.05) is 16.9 Å². The first kappa shape index (κ1) is 19.9. The molecule has 1 saturated carbocycles. The van der Waals surface area contributed by atoms with Crippen LogP contribution in [-0.4, -0.2) is 30.6 Å². The van der Waals surface area contributed by atoms with Gasteiger partial charge in [-0.2, -0.15) is 13.9 Å². The molecule has 0 bridgehead atoms. The molecule has 4 rings (SSSR count). The molecule has 3 aromatic heterocycles. The molecule has 0 radical (unpaired) electrons. The maximum atomic E-state index is 13.8. The quantitative estimate of drug-likeness (QED) is 0.629. The van der Waals surface area contributed by atoms with Gasteiger partial charge in [0.05, 0.1) is 17.4 Å². The van der Waals surface area contributed by atoms with Crippen molar-refractivity contribution in [2.24, 2.45) is 0 Å². The van der Waals surface area contributed by atoms with Crippen molar-refractivity contribution in [3.8, 4) is 11.3 Å². The highest BCUT2D eigenvalue weighted by Crippen LogP contribution is 2.36. The standard InChI is InChI=1S/C20H21F2N7O/c1-11-8-18(27-19(24-11)20(3,21)22)26-16-9-17(25-12(2)30)23-10-14(16)15-6-7-29(28-15)13-4-5-13/h6-10,13H,4-5H2,1-3H3,(H2,23,24,25,26,27,30). The van der Waals surface area contributed by atoms with E-state index in [0.29, 0.717) is 34.5 Å². The summed E-state index contributed by atoms with van der Waals surface area (Å²) in [7, 11) is 0. The van der Waals surface area contributed by atoms with Crippen molar-refractivity contribution in [1.29, 1.82) is 0 Å². The summed E-state index contributed by atoms with van der Waals surface area (Å²) in [5.74, 6) is -3.48. The average molecular weight is 413 g/mol. The van der Waals surface area contributed by atoms with Crippen molar-refractivity contribution in [2.45, 2.75) is 45.6 Å². The Balaban J connectivity index is 1.74. The first-order chi connectivity index (χ1) is 14.2. The van der Waals surface area contributed by atoms with E-state index >= 15 is 0 Å². The first-order valence-electron chi connectivity index (χ1n) is 9.53. The van der Waals surface area contributed by atoms with Gasteiger partial charge in [-0.1, -0.05) is 0 Å². The molecule has 0 atom stereocenters. The van der Waals surface area contributed by atoms with Crippen LogP contribution < -0.4 is 10.6 Å². The number of halogens is 2. The lowest BCUT2D eigenvalue weighted by atomic mass is 10.1. The second-order valence-electron chi connectivity index (χ2n) is 7.44. The average Bonchev–Trinajstić information content (AvgIpc) is 3.38. The van der Waals surface area contributed by atoms with Crippen molar-refractivity contribution in [2.75, 3.05) is 10.6 Å². The van der Waals surface area contributed by atoms with Crippen LogP contribution >= 0.6 is 0 Å². The third kappa shape index (κ3) is 4.42. The summed E-state index contributed by atoms with van der Waals surface area (Å²) < 4.78 is 29.4. The van der Waals surface area contributed by atoms with Gasteiger partial charge in [0, 0.05) is 49.6 Å². The van der Waals surface area contributed by atoms with Crippen LogP contribution in [0.2, 0.25) is 0 Å². The van der Waals surface area contributed by atoms with Gasteiger partial charge in [-0.25, -0.2) is 15.0 Å². The SMILES string of the molecule is CC(=O)Nc1cc(Nc2cc(C)nc(C(C)(F)F)n2)c(-c2ccn(C3CC3)n2)cn1. The molecular weight excluding hydrogens is 392 g/mol. The molecule has 0 spiro atoms. The van der Waals surface area contributed by atoms with Crippen molar-refractivity contribution in [3.05, 3.63) is 42.1 Å². The minimum atomic E-state index is -3.17. The Morgan fingerprint density at radius 1 is 1.23 bits per heavy atom. The minimum Gasteiger partial charge on any atom is -0.339 e. The number of carbonyl (C=O) groups excluding carboxylic acids is 1. The number of anilines is 3. The molecule has 0 saturated heterocycles. The van der Waals surface area contributed by atoms with Crippen LogP contribution in [0.5, 0.6) is 0 Å². The lowest BCUT2D eigenvalue weighted by Gasteiger charge is -2.15. The summed E-state index contributed by atoms with van der Waals surface area (Å²) in [5, 5.41) is 10.3. The van der Waals surface area contributed by atoms with Crippen LogP contribution in [0.1, 0.15) is 44.2 Å². The Labute approximate surface area is 171 Å². The van der Waals surface area contributed by atoms with Gasteiger partial charge >= 0.3 is 5.92 Å². The monoisotopic (exact) mass is 413 g/mol. The molecule has 8 nitrogen and oxygen atoms in total. The van der Waals surface area contributed by atoms with Crippen LogP contribution in [0.25, 0.3) is 11.3 Å². The molecule has 10 heteroatoms. The summed E-state index contributed by atoms with van der Waals surface area (Å²) in [5.41, 5.74) is 2.26. The van der Waals surface area contributed by atoms with Gasteiger partial charge < -0.3 is 10.6 Å². The van der Waals surface area contributed by atoms with E-state index in [2.05, 4.69) is 30.7 Å². The predicted molar refractivity (Wildman–Crippen MR) is 108 cm³/mol.